The van der Waals surface area contributed by atoms with Crippen LogP contribution in [0.25, 0.3) is 55.3 Å². The van der Waals surface area contributed by atoms with Gasteiger partial charge in [-0.2, -0.15) is 0 Å². The monoisotopic (exact) mass is 585 g/mol. The summed E-state index contributed by atoms with van der Waals surface area (Å²) < 4.78 is 2.47. The molecule has 1 heterocycles. The number of rotatable bonds is 2. The van der Waals surface area contributed by atoms with E-state index in [2.05, 4.69) is 169 Å². The fraction of sp³-hybridized carbons (Fsp3) is 0.0667. The highest BCUT2D eigenvalue weighted by atomic mass is 15.0. The summed E-state index contributed by atoms with van der Waals surface area (Å²) in [5, 5.41) is 2.60. The highest BCUT2D eigenvalue weighted by molar-refractivity contribution is 6.12. The van der Waals surface area contributed by atoms with E-state index in [1.54, 1.807) is 0 Å². The molecular formula is C45H31N. The highest BCUT2D eigenvalue weighted by Crippen LogP contribution is 2.63. The first-order chi connectivity index (χ1) is 22.7. The lowest BCUT2D eigenvalue weighted by atomic mass is 9.69. The van der Waals surface area contributed by atoms with E-state index in [1.807, 2.05) is 0 Å². The summed E-state index contributed by atoms with van der Waals surface area (Å²) in [5.41, 5.74) is 18.0. The summed E-state index contributed by atoms with van der Waals surface area (Å²) in [6.07, 6.45) is 10.4. The van der Waals surface area contributed by atoms with Gasteiger partial charge in [-0.05, 0) is 105 Å². The van der Waals surface area contributed by atoms with Crippen LogP contribution >= 0.6 is 0 Å². The number of allylic oxidation sites excluding steroid dienone is 6. The minimum Gasteiger partial charge on any atom is -0.309 e. The van der Waals surface area contributed by atoms with Gasteiger partial charge in [-0.1, -0.05) is 127 Å². The van der Waals surface area contributed by atoms with Crippen molar-refractivity contribution in [2.45, 2.75) is 18.8 Å². The maximum absolute atomic E-state index is 2.54. The summed E-state index contributed by atoms with van der Waals surface area (Å²) in [6, 6.07) is 49.8. The van der Waals surface area contributed by atoms with Crippen molar-refractivity contribution in [3.63, 3.8) is 0 Å². The van der Waals surface area contributed by atoms with Gasteiger partial charge in [-0.15, -0.1) is 0 Å². The molecule has 46 heavy (non-hydrogen) atoms. The molecule has 1 heteroatoms. The molecule has 1 atom stereocenters. The number of benzene rings is 6. The third kappa shape index (κ3) is 3.30. The Morgan fingerprint density at radius 2 is 1.20 bits per heavy atom. The number of aryl methyl sites for hydroxylation is 1. The Labute approximate surface area is 269 Å². The van der Waals surface area contributed by atoms with Crippen molar-refractivity contribution in [3.05, 3.63) is 191 Å². The van der Waals surface area contributed by atoms with Crippen molar-refractivity contribution >= 4 is 27.4 Å². The number of hydrogen-bond acceptors (Lipinski definition) is 0. The molecule has 0 aliphatic heterocycles. The van der Waals surface area contributed by atoms with E-state index in [-0.39, 0.29) is 5.41 Å². The van der Waals surface area contributed by atoms with E-state index in [0.29, 0.717) is 0 Å². The molecule has 3 aliphatic rings. The zero-order valence-electron chi connectivity index (χ0n) is 25.7. The Balaban J connectivity index is 1.30. The molecule has 0 amide bonds. The van der Waals surface area contributed by atoms with Gasteiger partial charge in [0.2, 0.25) is 0 Å². The van der Waals surface area contributed by atoms with Crippen molar-refractivity contribution in [2.75, 3.05) is 0 Å². The fourth-order valence-corrected chi connectivity index (χ4v) is 8.58. The number of nitrogens with zero attached hydrogens (tertiary/aromatic N) is 1. The number of fused-ring (bicyclic) bond motifs is 12. The maximum Gasteiger partial charge on any atom is 0.0725 e. The van der Waals surface area contributed by atoms with Gasteiger partial charge in [-0.25, -0.2) is 0 Å². The van der Waals surface area contributed by atoms with Crippen LogP contribution in [-0.4, -0.2) is 4.57 Å². The van der Waals surface area contributed by atoms with Crippen LogP contribution in [0, 0.1) is 6.92 Å². The fourth-order valence-electron chi connectivity index (χ4n) is 8.58. The average molecular weight is 586 g/mol. The van der Waals surface area contributed by atoms with E-state index in [0.717, 1.165) is 6.42 Å². The van der Waals surface area contributed by atoms with Crippen LogP contribution in [0.15, 0.2) is 163 Å². The van der Waals surface area contributed by atoms with Crippen LogP contribution < -0.4 is 0 Å². The van der Waals surface area contributed by atoms with Crippen molar-refractivity contribution in [2.24, 2.45) is 0 Å². The first-order valence-corrected chi connectivity index (χ1v) is 16.3. The molecule has 1 nitrogen and oxygen atoms in total. The van der Waals surface area contributed by atoms with E-state index >= 15 is 0 Å². The molecule has 1 unspecified atom stereocenters. The molecule has 3 aliphatic carbocycles. The van der Waals surface area contributed by atoms with Crippen molar-refractivity contribution in [1.82, 2.24) is 4.57 Å². The van der Waals surface area contributed by atoms with Gasteiger partial charge in [0.05, 0.1) is 16.4 Å². The molecule has 0 saturated heterocycles. The van der Waals surface area contributed by atoms with Gasteiger partial charge in [-0.3, -0.25) is 0 Å². The van der Waals surface area contributed by atoms with Crippen molar-refractivity contribution in [3.8, 4) is 27.9 Å². The van der Waals surface area contributed by atoms with Crippen molar-refractivity contribution < 1.29 is 0 Å². The predicted molar refractivity (Wildman–Crippen MR) is 193 cm³/mol. The van der Waals surface area contributed by atoms with E-state index in [9.17, 15) is 0 Å². The Kier molecular flexibility index (Phi) is 5.25. The molecule has 7 aromatic rings. The molecule has 0 bridgehead atoms. The molecule has 10 rings (SSSR count). The minimum atomic E-state index is -0.354. The van der Waals surface area contributed by atoms with E-state index in [4.69, 9.17) is 0 Å². The average Bonchev–Trinajstić information content (AvgIpc) is 3.58. The van der Waals surface area contributed by atoms with Gasteiger partial charge in [0.1, 0.15) is 0 Å². The standard InChI is InChI=1S/C45H31N/c1-29-20-25-43-37(26-29)38-27-42-36(28-44(38)46(43)32-23-21-31(22-24-32)30-12-4-2-5-13-30)35-16-9-11-19-41(35)45(42)39-17-7-3-6-14-33(39)34-15-8-10-18-40(34)45/h2,4-28H,3H2,1H3. The summed E-state index contributed by atoms with van der Waals surface area (Å²) in [6.45, 7) is 2.20. The second-order valence-corrected chi connectivity index (χ2v) is 12.9. The van der Waals surface area contributed by atoms with Gasteiger partial charge in [0.25, 0.3) is 0 Å². The molecule has 1 spiro atoms. The largest absolute Gasteiger partial charge is 0.309 e. The SMILES string of the molecule is Cc1ccc2c(c1)c1cc3c(cc1n2-c1ccc(-c2ccccc2)cc1)-c1ccccc1C31C2=C(C=CCC=C2)c2ccccc21. The van der Waals surface area contributed by atoms with Gasteiger partial charge in [0, 0.05) is 16.5 Å². The lowest BCUT2D eigenvalue weighted by Crippen LogP contribution is -2.26. The molecule has 6 aromatic carbocycles. The molecule has 0 radical (unpaired) electrons. The molecule has 216 valence electrons. The van der Waals surface area contributed by atoms with Gasteiger partial charge < -0.3 is 4.57 Å². The normalized spacial score (nSPS) is 17.4. The zero-order valence-corrected chi connectivity index (χ0v) is 25.7. The molecule has 0 N–H and O–H groups in total. The van der Waals surface area contributed by atoms with Gasteiger partial charge in [0.15, 0.2) is 0 Å². The van der Waals surface area contributed by atoms with E-state index < -0.39 is 0 Å². The molecular weight excluding hydrogens is 555 g/mol. The third-order valence-corrected chi connectivity index (χ3v) is 10.5. The second kappa shape index (κ2) is 9.42. The third-order valence-electron chi connectivity index (χ3n) is 10.5. The predicted octanol–water partition coefficient (Wildman–Crippen LogP) is 11.4. The first-order valence-electron chi connectivity index (χ1n) is 16.3. The van der Waals surface area contributed by atoms with Crippen LogP contribution in [-0.2, 0) is 5.41 Å². The molecule has 0 saturated carbocycles. The smallest absolute Gasteiger partial charge is 0.0725 e. The minimum absolute atomic E-state index is 0.354. The van der Waals surface area contributed by atoms with Crippen LogP contribution in [0.2, 0.25) is 0 Å². The van der Waals surface area contributed by atoms with Crippen LogP contribution in [0.1, 0.15) is 34.2 Å². The number of aromatic nitrogens is 1. The maximum atomic E-state index is 2.54. The Morgan fingerprint density at radius 1 is 0.522 bits per heavy atom. The second-order valence-electron chi connectivity index (χ2n) is 12.9. The Morgan fingerprint density at radius 3 is 2.02 bits per heavy atom. The van der Waals surface area contributed by atoms with Gasteiger partial charge >= 0.3 is 0 Å². The Hall–Kier alpha value is -5.66. The zero-order chi connectivity index (χ0) is 30.4. The highest BCUT2D eigenvalue weighted by Gasteiger charge is 2.52. The van der Waals surface area contributed by atoms with Crippen LogP contribution in [0.4, 0.5) is 0 Å². The lowest BCUT2D eigenvalue weighted by molar-refractivity contribution is 0.787. The Bertz CT molecular complexity index is 2480. The first kappa shape index (κ1) is 25.6. The number of hydrogen-bond donors (Lipinski definition) is 0. The van der Waals surface area contributed by atoms with Crippen molar-refractivity contribution in [1.29, 1.82) is 0 Å². The summed E-state index contributed by atoms with van der Waals surface area (Å²) in [7, 11) is 0. The van der Waals surface area contributed by atoms with E-state index in [1.165, 1.54) is 88.7 Å². The lowest BCUT2D eigenvalue weighted by Gasteiger charge is -2.31. The topological polar surface area (TPSA) is 4.93 Å². The summed E-state index contributed by atoms with van der Waals surface area (Å²) in [4.78, 5) is 0. The molecule has 0 fully saturated rings. The van der Waals surface area contributed by atoms with Crippen LogP contribution in [0.3, 0.4) is 0 Å². The summed E-state index contributed by atoms with van der Waals surface area (Å²) in [5.74, 6) is 0. The van der Waals surface area contributed by atoms with Crippen LogP contribution in [0.5, 0.6) is 0 Å². The molecule has 1 aromatic heterocycles. The quantitative estimate of drug-likeness (QED) is 0.190. The summed E-state index contributed by atoms with van der Waals surface area (Å²) >= 11 is 0.